The Morgan fingerprint density at radius 1 is 1.30 bits per heavy atom. The second-order valence-electron chi connectivity index (χ2n) is 9.75. The average Bonchev–Trinajstić information content (AvgIpc) is 3.35. The topological polar surface area (TPSA) is 66.5 Å². The molecule has 0 unspecified atom stereocenters. The van der Waals surface area contributed by atoms with Crippen molar-refractivity contribution in [3.8, 4) is 0 Å². The quantitative estimate of drug-likeness (QED) is 0.596. The van der Waals surface area contributed by atoms with Crippen molar-refractivity contribution in [3.05, 3.63) is 28.2 Å². The first-order chi connectivity index (χ1) is 12.4. The van der Waals surface area contributed by atoms with E-state index in [1.165, 1.54) is 24.8 Å². The Hall–Kier alpha value is -0.755. The lowest BCUT2D eigenvalue weighted by atomic mass is 9.71. The van der Waals surface area contributed by atoms with Crippen LogP contribution in [0.4, 0.5) is 0 Å². The molecule has 7 heteroatoms. The molecule has 1 saturated carbocycles. The van der Waals surface area contributed by atoms with Crippen LogP contribution in [0.25, 0.3) is 0 Å². The van der Waals surface area contributed by atoms with Crippen molar-refractivity contribution < 1.29 is 9.31 Å². The van der Waals surface area contributed by atoms with Crippen molar-refractivity contribution >= 4 is 24.5 Å². The molecule has 5 nitrogen and oxygen atoms in total. The fourth-order valence-corrected chi connectivity index (χ4v) is 4.04. The van der Waals surface area contributed by atoms with Gasteiger partial charge in [0.1, 0.15) is 0 Å². The van der Waals surface area contributed by atoms with E-state index < -0.39 is 18.3 Å². The third kappa shape index (κ3) is 4.16. The summed E-state index contributed by atoms with van der Waals surface area (Å²) in [5, 5.41) is 5.94. The summed E-state index contributed by atoms with van der Waals surface area (Å²) in [6, 6.07) is 1.79. The number of nitrogens with zero attached hydrogens (tertiary/aromatic N) is 1. The van der Waals surface area contributed by atoms with E-state index in [1.54, 1.807) is 17.7 Å². The first kappa shape index (κ1) is 21.0. The van der Waals surface area contributed by atoms with Gasteiger partial charge in [0.15, 0.2) is 0 Å². The first-order valence-electron chi connectivity index (χ1n) is 9.81. The highest BCUT2D eigenvalue weighted by molar-refractivity contribution is 7.98. The third-order valence-electron chi connectivity index (χ3n) is 6.42. The Morgan fingerprint density at radius 2 is 1.85 bits per heavy atom. The van der Waals surface area contributed by atoms with Gasteiger partial charge in [0, 0.05) is 29.5 Å². The van der Waals surface area contributed by atoms with Crippen molar-refractivity contribution in [2.24, 2.45) is 18.1 Å². The fourth-order valence-electron chi connectivity index (χ4n) is 3.76. The minimum atomic E-state index is -0.466. The highest BCUT2D eigenvalue weighted by Gasteiger charge is 2.53. The van der Waals surface area contributed by atoms with Gasteiger partial charge >= 0.3 is 7.12 Å². The van der Waals surface area contributed by atoms with Gasteiger partial charge < -0.3 is 13.9 Å². The maximum Gasteiger partial charge on any atom is 0.496 e. The van der Waals surface area contributed by atoms with Crippen LogP contribution in [-0.2, 0) is 16.4 Å². The summed E-state index contributed by atoms with van der Waals surface area (Å²) in [4.78, 5) is 12.5. The first-order valence-corrected chi connectivity index (χ1v) is 10.7. The van der Waals surface area contributed by atoms with Gasteiger partial charge in [-0.1, -0.05) is 11.9 Å². The lowest BCUT2D eigenvalue weighted by Crippen LogP contribution is -2.41. The predicted octanol–water partition coefficient (Wildman–Crippen LogP) is 2.95. The number of nitrogens with two attached hydrogens (primary N) is 1. The molecule has 27 heavy (non-hydrogen) atoms. The molecule has 2 heterocycles. The van der Waals surface area contributed by atoms with Gasteiger partial charge in [-0.2, -0.15) is 0 Å². The second-order valence-corrected chi connectivity index (χ2v) is 11.1. The van der Waals surface area contributed by atoms with Gasteiger partial charge in [0.25, 0.3) is 0 Å². The Morgan fingerprint density at radius 3 is 2.33 bits per heavy atom. The molecule has 1 atom stereocenters. The molecule has 0 radical (unpaired) electrons. The standard InChI is InChI=1S/C20H33BN2O3S/c1-18(2,27-22)11-15(13-8-9-13)14-10-17(24)23(7)12-16(14)21-25-19(3,4)20(5,6)26-21/h10,12-13,15H,8-9,11,22H2,1-7H3/t15-/m0/s1. The summed E-state index contributed by atoms with van der Waals surface area (Å²) < 4.78 is 14.2. The molecule has 0 bridgehead atoms. The van der Waals surface area contributed by atoms with E-state index in [0.717, 1.165) is 17.4 Å². The van der Waals surface area contributed by atoms with Crippen molar-refractivity contribution in [2.45, 2.75) is 82.7 Å². The van der Waals surface area contributed by atoms with Crippen molar-refractivity contribution in [3.63, 3.8) is 0 Å². The number of aryl methyl sites for hydroxylation is 1. The maximum absolute atomic E-state index is 12.5. The maximum atomic E-state index is 12.5. The number of hydrogen-bond acceptors (Lipinski definition) is 5. The molecule has 3 rings (SSSR count). The fraction of sp³-hybridized carbons (Fsp3) is 0.750. The van der Waals surface area contributed by atoms with Crippen LogP contribution in [0, 0.1) is 5.92 Å². The zero-order valence-corrected chi connectivity index (χ0v) is 18.5. The van der Waals surface area contributed by atoms with Gasteiger partial charge in [0.2, 0.25) is 5.56 Å². The van der Waals surface area contributed by atoms with Crippen molar-refractivity contribution in [2.75, 3.05) is 0 Å². The minimum Gasteiger partial charge on any atom is -0.399 e. The van der Waals surface area contributed by atoms with E-state index in [4.69, 9.17) is 14.4 Å². The van der Waals surface area contributed by atoms with E-state index in [9.17, 15) is 4.79 Å². The second kappa shape index (κ2) is 6.94. The Labute approximate surface area is 167 Å². The molecule has 0 aromatic carbocycles. The van der Waals surface area contributed by atoms with Gasteiger partial charge in [-0.15, -0.1) is 0 Å². The van der Waals surface area contributed by atoms with Gasteiger partial charge in [0.05, 0.1) is 11.2 Å². The predicted molar refractivity (Wildman–Crippen MR) is 113 cm³/mol. The van der Waals surface area contributed by atoms with Gasteiger partial charge in [-0.05, 0) is 78.2 Å². The normalized spacial score (nSPS) is 22.9. The van der Waals surface area contributed by atoms with Crippen LogP contribution < -0.4 is 16.2 Å². The van der Waals surface area contributed by atoms with Crippen LogP contribution in [0.1, 0.15) is 72.3 Å². The van der Waals surface area contributed by atoms with Crippen LogP contribution in [0.15, 0.2) is 17.1 Å². The molecule has 1 aromatic rings. The van der Waals surface area contributed by atoms with E-state index in [0.29, 0.717) is 11.8 Å². The number of hydrogen-bond donors (Lipinski definition) is 1. The van der Waals surface area contributed by atoms with Crippen LogP contribution in [0.5, 0.6) is 0 Å². The lowest BCUT2D eigenvalue weighted by Gasteiger charge is -2.32. The monoisotopic (exact) mass is 392 g/mol. The van der Waals surface area contributed by atoms with Crippen LogP contribution >= 0.6 is 11.9 Å². The van der Waals surface area contributed by atoms with E-state index in [2.05, 4.69) is 41.5 Å². The summed E-state index contributed by atoms with van der Waals surface area (Å²) in [6.07, 6.45) is 5.23. The Balaban J connectivity index is 2.05. The number of rotatable bonds is 6. The molecular formula is C20H33BN2O3S. The summed E-state index contributed by atoms with van der Waals surface area (Å²) in [5.74, 6) is 0.892. The van der Waals surface area contributed by atoms with Crippen molar-refractivity contribution in [1.82, 2.24) is 4.57 Å². The molecular weight excluding hydrogens is 359 g/mol. The Kier molecular flexibility index (Phi) is 5.39. The molecule has 0 spiro atoms. The molecule has 150 valence electrons. The van der Waals surface area contributed by atoms with Crippen LogP contribution in [-0.4, -0.2) is 27.6 Å². The van der Waals surface area contributed by atoms with Crippen LogP contribution in [0.2, 0.25) is 0 Å². The van der Waals surface area contributed by atoms with Crippen molar-refractivity contribution in [1.29, 1.82) is 0 Å². The molecule has 1 aliphatic heterocycles. The highest BCUT2D eigenvalue weighted by Crippen LogP contribution is 2.48. The molecule has 2 fully saturated rings. The molecule has 2 N–H and O–H groups in total. The largest absolute Gasteiger partial charge is 0.496 e. The van der Waals surface area contributed by atoms with Crippen LogP contribution in [0.3, 0.4) is 0 Å². The van der Waals surface area contributed by atoms with E-state index >= 15 is 0 Å². The molecule has 1 saturated heterocycles. The summed E-state index contributed by atoms with van der Waals surface area (Å²) in [7, 11) is 1.32. The SMILES string of the molecule is Cn1cc(B2OC(C)(C)C(C)(C)O2)c([C@@H](CC(C)(C)SN)C2CC2)cc1=O. The minimum absolute atomic E-state index is 0.00845. The summed E-state index contributed by atoms with van der Waals surface area (Å²) in [6.45, 7) is 12.6. The smallest absolute Gasteiger partial charge is 0.399 e. The zero-order chi connectivity index (χ0) is 20.2. The molecule has 0 amide bonds. The van der Waals surface area contributed by atoms with Gasteiger partial charge in [-0.3, -0.25) is 9.93 Å². The van der Waals surface area contributed by atoms with E-state index in [1.807, 2.05) is 6.20 Å². The number of aromatic nitrogens is 1. The lowest BCUT2D eigenvalue weighted by molar-refractivity contribution is 0.00578. The zero-order valence-electron chi connectivity index (χ0n) is 17.7. The Bertz CT molecular complexity index is 755. The molecule has 2 aliphatic rings. The summed E-state index contributed by atoms with van der Waals surface area (Å²) in [5.41, 5.74) is 1.23. The highest BCUT2D eigenvalue weighted by atomic mass is 32.2. The molecule has 1 aromatic heterocycles. The molecule has 1 aliphatic carbocycles. The van der Waals surface area contributed by atoms with E-state index in [-0.39, 0.29) is 10.3 Å². The summed E-state index contributed by atoms with van der Waals surface area (Å²) >= 11 is 1.39. The van der Waals surface area contributed by atoms with Gasteiger partial charge in [-0.25, -0.2) is 0 Å². The third-order valence-corrected chi connectivity index (χ3v) is 7.23. The number of pyridine rings is 1. The average molecular weight is 392 g/mol.